The second-order valence-electron chi connectivity index (χ2n) is 3.94. The molecule has 0 radical (unpaired) electrons. The van der Waals surface area contributed by atoms with Gasteiger partial charge in [-0.05, 0) is 34.1 Å². The molecule has 0 bridgehead atoms. The molecule has 19 heavy (non-hydrogen) atoms. The molecular weight excluding hydrogens is 376 g/mol. The van der Waals surface area contributed by atoms with Crippen molar-refractivity contribution in [1.29, 1.82) is 0 Å². The molecule has 1 heterocycles. The molecule has 0 amide bonds. The lowest BCUT2D eigenvalue weighted by molar-refractivity contribution is 0.199. The molecule has 2 rings (SSSR count). The molecule has 102 valence electrons. The van der Waals surface area contributed by atoms with Crippen molar-refractivity contribution in [2.75, 3.05) is 20.3 Å². The minimum atomic E-state index is 0.614. The molecule has 1 aromatic carbocycles. The zero-order valence-corrected chi connectivity index (χ0v) is 13.6. The van der Waals surface area contributed by atoms with Gasteiger partial charge in [0, 0.05) is 29.1 Å². The van der Waals surface area contributed by atoms with Crippen LogP contribution in [0.2, 0.25) is 0 Å². The second kappa shape index (κ2) is 7.19. The van der Waals surface area contributed by atoms with Gasteiger partial charge in [0.25, 0.3) is 0 Å². The van der Waals surface area contributed by atoms with Crippen molar-refractivity contribution in [3.05, 3.63) is 39.1 Å². The number of oxazole rings is 1. The zero-order chi connectivity index (χ0) is 13.7. The minimum Gasteiger partial charge on any atom is -0.444 e. The molecule has 2 aromatic rings. The predicted molar refractivity (Wildman–Crippen MR) is 80.9 cm³/mol. The first-order chi connectivity index (χ1) is 9.20. The third-order valence-electron chi connectivity index (χ3n) is 2.50. The Morgan fingerprint density at radius 2 is 2.21 bits per heavy atom. The Bertz CT molecular complexity index is 543. The van der Waals surface area contributed by atoms with Crippen LogP contribution in [-0.4, -0.2) is 25.2 Å². The van der Waals surface area contributed by atoms with Gasteiger partial charge in [0.2, 0.25) is 5.89 Å². The standard InChI is InChI=1S/C13H14Br2N2O2/c1-18-5-4-16-7-10-8-19-13(17-10)11-3-2-9(14)6-12(11)15/h2-3,6,8,16H,4-5,7H2,1H3. The molecule has 0 unspecified atom stereocenters. The topological polar surface area (TPSA) is 47.3 Å². The number of hydrogen-bond donors (Lipinski definition) is 1. The first-order valence-electron chi connectivity index (χ1n) is 5.80. The monoisotopic (exact) mass is 388 g/mol. The summed E-state index contributed by atoms with van der Waals surface area (Å²) in [6.07, 6.45) is 1.67. The van der Waals surface area contributed by atoms with Crippen LogP contribution in [0.1, 0.15) is 5.69 Å². The van der Waals surface area contributed by atoms with Crippen LogP contribution in [0.4, 0.5) is 0 Å². The highest BCUT2D eigenvalue weighted by Gasteiger charge is 2.10. The summed E-state index contributed by atoms with van der Waals surface area (Å²) in [5.74, 6) is 0.614. The molecule has 1 aromatic heterocycles. The van der Waals surface area contributed by atoms with Gasteiger partial charge in [-0.1, -0.05) is 15.9 Å². The third kappa shape index (κ3) is 4.14. The number of hydrogen-bond acceptors (Lipinski definition) is 4. The van der Waals surface area contributed by atoms with E-state index in [1.54, 1.807) is 13.4 Å². The molecule has 1 N–H and O–H groups in total. The molecule has 0 saturated heterocycles. The average molecular weight is 390 g/mol. The van der Waals surface area contributed by atoms with Crippen LogP contribution < -0.4 is 5.32 Å². The van der Waals surface area contributed by atoms with E-state index in [-0.39, 0.29) is 0 Å². The normalized spacial score (nSPS) is 10.9. The van der Waals surface area contributed by atoms with Gasteiger partial charge in [-0.2, -0.15) is 0 Å². The lowest BCUT2D eigenvalue weighted by Gasteiger charge is -2.01. The van der Waals surface area contributed by atoms with E-state index in [0.29, 0.717) is 19.0 Å². The van der Waals surface area contributed by atoms with E-state index in [1.165, 1.54) is 0 Å². The number of nitrogens with zero attached hydrogens (tertiary/aromatic N) is 1. The van der Waals surface area contributed by atoms with Crippen LogP contribution in [0.5, 0.6) is 0 Å². The SMILES string of the molecule is COCCNCc1coc(-c2ccc(Br)cc2Br)n1. The third-order valence-corrected chi connectivity index (χ3v) is 3.65. The summed E-state index contributed by atoms with van der Waals surface area (Å²) in [4.78, 5) is 4.45. The summed E-state index contributed by atoms with van der Waals surface area (Å²) in [6, 6.07) is 5.89. The number of methoxy groups -OCH3 is 1. The molecule has 0 fully saturated rings. The summed E-state index contributed by atoms with van der Waals surface area (Å²) in [7, 11) is 1.68. The van der Waals surface area contributed by atoms with Gasteiger partial charge >= 0.3 is 0 Å². The molecule has 0 aliphatic carbocycles. The van der Waals surface area contributed by atoms with Gasteiger partial charge in [0.15, 0.2) is 0 Å². The smallest absolute Gasteiger partial charge is 0.227 e. The van der Waals surface area contributed by atoms with E-state index in [4.69, 9.17) is 9.15 Å². The Labute approximate surface area is 128 Å². The summed E-state index contributed by atoms with van der Waals surface area (Å²) in [6.45, 7) is 2.14. The maximum absolute atomic E-state index is 5.50. The Balaban J connectivity index is 2.04. The second-order valence-corrected chi connectivity index (χ2v) is 5.71. The molecule has 4 nitrogen and oxygen atoms in total. The number of benzene rings is 1. The van der Waals surface area contributed by atoms with Crippen molar-refractivity contribution in [3.8, 4) is 11.5 Å². The van der Waals surface area contributed by atoms with E-state index in [0.717, 1.165) is 26.7 Å². The van der Waals surface area contributed by atoms with Crippen LogP contribution in [0.25, 0.3) is 11.5 Å². The van der Waals surface area contributed by atoms with Gasteiger partial charge in [0.05, 0.1) is 17.9 Å². The maximum atomic E-state index is 5.50. The molecule has 0 aliphatic heterocycles. The average Bonchev–Trinajstić information content (AvgIpc) is 2.83. The molecule has 6 heteroatoms. The summed E-state index contributed by atoms with van der Waals surface area (Å²) in [5, 5.41) is 3.22. The molecule has 0 spiro atoms. The van der Waals surface area contributed by atoms with E-state index in [9.17, 15) is 0 Å². The van der Waals surface area contributed by atoms with E-state index < -0.39 is 0 Å². The highest BCUT2D eigenvalue weighted by atomic mass is 79.9. The van der Waals surface area contributed by atoms with Crippen LogP contribution in [0.3, 0.4) is 0 Å². The van der Waals surface area contributed by atoms with Crippen LogP contribution in [0, 0.1) is 0 Å². The lowest BCUT2D eigenvalue weighted by Crippen LogP contribution is -2.18. The maximum Gasteiger partial charge on any atom is 0.227 e. The number of ether oxygens (including phenoxy) is 1. The van der Waals surface area contributed by atoms with Crippen molar-refractivity contribution in [3.63, 3.8) is 0 Å². The Hall–Kier alpha value is -0.690. The van der Waals surface area contributed by atoms with E-state index in [2.05, 4.69) is 42.2 Å². The highest BCUT2D eigenvalue weighted by Crippen LogP contribution is 2.30. The van der Waals surface area contributed by atoms with Crippen molar-refractivity contribution >= 4 is 31.9 Å². The van der Waals surface area contributed by atoms with Crippen molar-refractivity contribution in [2.24, 2.45) is 0 Å². The fourth-order valence-electron chi connectivity index (χ4n) is 1.57. The first kappa shape index (κ1) is 14.7. The largest absolute Gasteiger partial charge is 0.444 e. The Kier molecular flexibility index (Phi) is 5.57. The fraction of sp³-hybridized carbons (Fsp3) is 0.308. The number of aromatic nitrogens is 1. The molecule has 0 aliphatic rings. The molecule has 0 atom stereocenters. The number of rotatable bonds is 6. The molecular formula is C13H14Br2N2O2. The summed E-state index contributed by atoms with van der Waals surface area (Å²) >= 11 is 6.92. The zero-order valence-electron chi connectivity index (χ0n) is 10.5. The number of nitrogens with one attached hydrogen (secondary N) is 1. The van der Waals surface area contributed by atoms with Gasteiger partial charge < -0.3 is 14.5 Å². The van der Waals surface area contributed by atoms with Crippen molar-refractivity contribution in [1.82, 2.24) is 10.3 Å². The van der Waals surface area contributed by atoms with Crippen LogP contribution in [0.15, 0.2) is 37.8 Å². The fourth-order valence-corrected chi connectivity index (χ4v) is 2.78. The first-order valence-corrected chi connectivity index (χ1v) is 7.39. The summed E-state index contributed by atoms with van der Waals surface area (Å²) < 4.78 is 12.4. The Morgan fingerprint density at radius 3 is 2.95 bits per heavy atom. The van der Waals surface area contributed by atoms with E-state index in [1.807, 2.05) is 18.2 Å². The lowest BCUT2D eigenvalue weighted by atomic mass is 10.2. The van der Waals surface area contributed by atoms with Gasteiger partial charge in [-0.3, -0.25) is 0 Å². The van der Waals surface area contributed by atoms with Gasteiger partial charge in [-0.25, -0.2) is 4.98 Å². The van der Waals surface area contributed by atoms with Crippen molar-refractivity contribution < 1.29 is 9.15 Å². The van der Waals surface area contributed by atoms with Gasteiger partial charge in [0.1, 0.15) is 6.26 Å². The Morgan fingerprint density at radius 1 is 1.37 bits per heavy atom. The van der Waals surface area contributed by atoms with Crippen LogP contribution in [-0.2, 0) is 11.3 Å². The highest BCUT2D eigenvalue weighted by molar-refractivity contribution is 9.11. The molecule has 0 saturated carbocycles. The van der Waals surface area contributed by atoms with E-state index >= 15 is 0 Å². The number of halogens is 2. The minimum absolute atomic E-state index is 0.614. The van der Waals surface area contributed by atoms with Crippen LogP contribution >= 0.6 is 31.9 Å². The summed E-state index contributed by atoms with van der Waals surface area (Å²) in [5.41, 5.74) is 1.81. The van der Waals surface area contributed by atoms with Crippen molar-refractivity contribution in [2.45, 2.75) is 6.54 Å². The quantitative estimate of drug-likeness (QED) is 0.766. The predicted octanol–water partition coefficient (Wildman–Crippen LogP) is 3.60. The van der Waals surface area contributed by atoms with Gasteiger partial charge in [-0.15, -0.1) is 0 Å².